The number of rotatable bonds is 8. The van der Waals surface area contributed by atoms with Crippen LogP contribution in [0.1, 0.15) is 30.5 Å². The molecule has 2 aromatic carbocycles. The summed E-state index contributed by atoms with van der Waals surface area (Å²) in [6.45, 7) is 5.31. The number of hydrogen-bond donors (Lipinski definition) is 1. The van der Waals surface area contributed by atoms with Gasteiger partial charge in [-0.05, 0) is 56.9 Å². The van der Waals surface area contributed by atoms with Crippen molar-refractivity contribution >= 4 is 16.1 Å². The van der Waals surface area contributed by atoms with E-state index < -0.39 is 21.5 Å². The monoisotopic (exact) mass is 376 g/mol. The summed E-state index contributed by atoms with van der Waals surface area (Å²) in [5.74, 6) is -0.837. The van der Waals surface area contributed by atoms with Gasteiger partial charge in [0.25, 0.3) is 10.1 Å². The van der Waals surface area contributed by atoms with E-state index in [2.05, 4.69) is 0 Å². The van der Waals surface area contributed by atoms with Gasteiger partial charge in [-0.1, -0.05) is 42.0 Å². The predicted octanol–water partition coefficient (Wildman–Crippen LogP) is 3.60. The molecule has 0 amide bonds. The van der Waals surface area contributed by atoms with Crippen LogP contribution in [0.4, 0.5) is 0 Å². The lowest BCUT2D eigenvalue weighted by molar-refractivity contribution is -0.146. The van der Waals surface area contributed by atoms with E-state index in [-0.39, 0.29) is 11.5 Å². The third-order valence-corrected chi connectivity index (χ3v) is 5.51. The van der Waals surface area contributed by atoms with Crippen molar-refractivity contribution in [1.29, 1.82) is 0 Å². The van der Waals surface area contributed by atoms with Gasteiger partial charge in [-0.25, -0.2) is 0 Å². The fraction of sp³-hybridized carbons (Fsp3) is 0.350. The zero-order valence-electron chi connectivity index (χ0n) is 15.2. The molecule has 0 aromatic heterocycles. The maximum Gasteiger partial charge on any atom is 0.309 e. The van der Waals surface area contributed by atoms with Crippen LogP contribution in [0, 0.1) is 12.3 Å². The minimum Gasteiger partial charge on any atom is -0.481 e. The molecule has 0 aliphatic rings. The second-order valence-corrected chi connectivity index (χ2v) is 8.64. The second kappa shape index (κ2) is 8.01. The Bertz CT molecular complexity index is 850. The molecule has 0 heterocycles. The molecule has 0 unspecified atom stereocenters. The van der Waals surface area contributed by atoms with Gasteiger partial charge in [0.2, 0.25) is 0 Å². The molecule has 0 radical (unpaired) electrons. The fourth-order valence-electron chi connectivity index (χ4n) is 2.45. The van der Waals surface area contributed by atoms with Gasteiger partial charge < -0.3 is 5.11 Å². The van der Waals surface area contributed by atoms with Crippen molar-refractivity contribution in [2.45, 2.75) is 38.5 Å². The Labute approximate surface area is 154 Å². The molecular weight excluding hydrogens is 352 g/mol. The standard InChI is InChI=1S/C20H24O5S/c1-15-4-10-18(11-5-15)26(23,24)25-13-12-16-6-8-17(9-7-16)14-20(2,3)19(21)22/h4-11H,12-14H2,1-3H3,(H,21,22). The number of benzene rings is 2. The highest BCUT2D eigenvalue weighted by molar-refractivity contribution is 7.86. The van der Waals surface area contributed by atoms with E-state index in [1.807, 2.05) is 31.2 Å². The van der Waals surface area contributed by atoms with Crippen molar-refractivity contribution in [1.82, 2.24) is 0 Å². The lowest BCUT2D eigenvalue weighted by Gasteiger charge is -2.19. The summed E-state index contributed by atoms with van der Waals surface area (Å²) >= 11 is 0. The van der Waals surface area contributed by atoms with Gasteiger partial charge in [-0.15, -0.1) is 0 Å². The molecule has 0 spiro atoms. The van der Waals surface area contributed by atoms with Gasteiger partial charge in [0.05, 0.1) is 16.9 Å². The van der Waals surface area contributed by atoms with Crippen LogP contribution in [-0.2, 0) is 31.9 Å². The maximum atomic E-state index is 12.1. The summed E-state index contributed by atoms with van der Waals surface area (Å²) in [5, 5.41) is 9.19. The number of carboxylic acids is 1. The number of carbonyl (C=O) groups is 1. The second-order valence-electron chi connectivity index (χ2n) is 7.02. The first-order valence-corrected chi connectivity index (χ1v) is 9.78. The number of hydrogen-bond acceptors (Lipinski definition) is 4. The van der Waals surface area contributed by atoms with Crippen molar-refractivity contribution in [3.05, 3.63) is 65.2 Å². The van der Waals surface area contributed by atoms with Gasteiger partial charge in [-0.2, -0.15) is 8.42 Å². The zero-order chi connectivity index (χ0) is 19.4. The minimum absolute atomic E-state index is 0.0518. The van der Waals surface area contributed by atoms with Crippen LogP contribution >= 0.6 is 0 Å². The highest BCUT2D eigenvalue weighted by Gasteiger charge is 2.27. The number of aryl methyl sites for hydroxylation is 1. The van der Waals surface area contributed by atoms with E-state index in [9.17, 15) is 18.3 Å². The lowest BCUT2D eigenvalue weighted by Crippen LogP contribution is -2.26. The molecule has 6 heteroatoms. The van der Waals surface area contributed by atoms with Gasteiger partial charge in [-0.3, -0.25) is 8.98 Å². The summed E-state index contributed by atoms with van der Waals surface area (Å²) in [4.78, 5) is 11.3. The van der Waals surface area contributed by atoms with Crippen molar-refractivity contribution < 1.29 is 22.5 Å². The third kappa shape index (κ3) is 5.41. The molecular formula is C20H24O5S. The van der Waals surface area contributed by atoms with Crippen LogP contribution in [0.2, 0.25) is 0 Å². The van der Waals surface area contributed by atoms with E-state index in [0.29, 0.717) is 12.8 Å². The van der Waals surface area contributed by atoms with Crippen LogP contribution < -0.4 is 0 Å². The molecule has 5 nitrogen and oxygen atoms in total. The highest BCUT2D eigenvalue weighted by Crippen LogP contribution is 2.22. The molecule has 1 N–H and O–H groups in total. The van der Waals surface area contributed by atoms with Crippen LogP contribution in [0.15, 0.2) is 53.4 Å². The van der Waals surface area contributed by atoms with Crippen molar-refractivity contribution in [3.63, 3.8) is 0 Å². The quantitative estimate of drug-likeness (QED) is 0.712. The van der Waals surface area contributed by atoms with E-state index in [1.165, 1.54) is 12.1 Å². The minimum atomic E-state index is -3.75. The van der Waals surface area contributed by atoms with E-state index in [1.54, 1.807) is 26.0 Å². The van der Waals surface area contributed by atoms with Crippen LogP contribution in [0.3, 0.4) is 0 Å². The van der Waals surface area contributed by atoms with Crippen LogP contribution in [0.25, 0.3) is 0 Å². The normalized spacial score (nSPS) is 12.1. The molecule has 0 atom stereocenters. The predicted molar refractivity (Wildman–Crippen MR) is 99.6 cm³/mol. The molecule has 0 aliphatic carbocycles. The molecule has 2 rings (SSSR count). The summed E-state index contributed by atoms with van der Waals surface area (Å²) in [6.07, 6.45) is 0.884. The van der Waals surface area contributed by atoms with E-state index >= 15 is 0 Å². The van der Waals surface area contributed by atoms with Crippen molar-refractivity contribution in [2.75, 3.05) is 6.61 Å². The maximum absolute atomic E-state index is 12.1. The average Bonchev–Trinajstić information content (AvgIpc) is 2.56. The van der Waals surface area contributed by atoms with E-state index in [4.69, 9.17) is 4.18 Å². The van der Waals surface area contributed by atoms with Gasteiger partial charge in [0, 0.05) is 0 Å². The first kappa shape index (κ1) is 20.1. The van der Waals surface area contributed by atoms with Crippen LogP contribution in [0.5, 0.6) is 0 Å². The Kier molecular flexibility index (Phi) is 6.21. The SMILES string of the molecule is Cc1ccc(S(=O)(=O)OCCc2ccc(CC(C)(C)C(=O)O)cc2)cc1. The molecule has 0 bridgehead atoms. The first-order valence-electron chi connectivity index (χ1n) is 8.37. The van der Waals surface area contributed by atoms with Gasteiger partial charge in [0.1, 0.15) is 0 Å². The molecule has 140 valence electrons. The average molecular weight is 376 g/mol. The van der Waals surface area contributed by atoms with Crippen LogP contribution in [-0.4, -0.2) is 26.1 Å². The summed E-state index contributed by atoms with van der Waals surface area (Å²) < 4.78 is 29.4. The van der Waals surface area contributed by atoms with E-state index in [0.717, 1.165) is 16.7 Å². The summed E-state index contributed by atoms with van der Waals surface area (Å²) in [5.41, 5.74) is 2.01. The topological polar surface area (TPSA) is 80.7 Å². The van der Waals surface area contributed by atoms with Crippen molar-refractivity contribution in [2.24, 2.45) is 5.41 Å². The molecule has 2 aromatic rings. The Morgan fingerprint density at radius 1 is 1.00 bits per heavy atom. The molecule has 26 heavy (non-hydrogen) atoms. The van der Waals surface area contributed by atoms with Crippen molar-refractivity contribution in [3.8, 4) is 0 Å². The Morgan fingerprint density at radius 3 is 2.08 bits per heavy atom. The Hall–Kier alpha value is -2.18. The van der Waals surface area contributed by atoms with Gasteiger partial charge >= 0.3 is 5.97 Å². The number of carboxylic acid groups (broad SMARTS) is 1. The summed E-state index contributed by atoms with van der Waals surface area (Å²) in [6, 6.07) is 14.0. The first-order chi connectivity index (χ1) is 12.1. The highest BCUT2D eigenvalue weighted by atomic mass is 32.2. The molecule has 0 saturated carbocycles. The molecule has 0 saturated heterocycles. The van der Waals surface area contributed by atoms with Gasteiger partial charge in [0.15, 0.2) is 0 Å². The third-order valence-electron chi connectivity index (χ3n) is 4.19. The molecule has 0 fully saturated rings. The fourth-order valence-corrected chi connectivity index (χ4v) is 3.36. The molecule has 0 aliphatic heterocycles. The largest absolute Gasteiger partial charge is 0.481 e. The summed E-state index contributed by atoms with van der Waals surface area (Å²) in [7, 11) is -3.75. The Morgan fingerprint density at radius 2 is 1.54 bits per heavy atom. The zero-order valence-corrected chi connectivity index (χ0v) is 16.0. The number of aliphatic carboxylic acids is 1. The smallest absolute Gasteiger partial charge is 0.309 e. The Balaban J connectivity index is 1.92. The lowest BCUT2D eigenvalue weighted by atomic mass is 9.86.